The second-order valence-corrected chi connectivity index (χ2v) is 13.1. The van der Waals surface area contributed by atoms with Crippen molar-refractivity contribution in [3.05, 3.63) is 34.9 Å². The highest BCUT2D eigenvalue weighted by Gasteiger charge is 2.60. The molecule has 4 aliphatic rings. The molecule has 0 bridgehead atoms. The summed E-state index contributed by atoms with van der Waals surface area (Å²) in [5.74, 6) is 3.22. The minimum atomic E-state index is -0.331. The summed E-state index contributed by atoms with van der Waals surface area (Å²) in [7, 11) is 0. The van der Waals surface area contributed by atoms with E-state index >= 15 is 0 Å². The summed E-state index contributed by atoms with van der Waals surface area (Å²) >= 11 is 0. The fraction of sp³-hybridized carbons (Fsp3) is 0.767. The number of Topliss-reactive ketones (excluding diaryl/α,β-unsaturated/α-hetero) is 1. The Morgan fingerprint density at radius 1 is 1.16 bits per heavy atom. The van der Waals surface area contributed by atoms with Crippen molar-refractivity contribution in [1.29, 1.82) is 0 Å². The van der Waals surface area contributed by atoms with Crippen LogP contribution in [0.4, 0.5) is 0 Å². The van der Waals surface area contributed by atoms with Gasteiger partial charge in [-0.15, -0.1) is 0 Å². The van der Waals surface area contributed by atoms with E-state index in [-0.39, 0.29) is 22.3 Å². The van der Waals surface area contributed by atoms with Gasteiger partial charge in [-0.1, -0.05) is 65.3 Å². The molecule has 0 aliphatic heterocycles. The standard InChI is InChI=1S/C30H46O2/c1-18(2)15-21(31)16-19(3)22-11-13-30(8)23-9-10-25-28(5,6)26(32)12-14-29(25,7)24(23)17-20(4)27(22)30/h9,15,17,19-22,25,27,31H,10-14,16H2,1-8H3/t19?,20-,21?,22-,25?,27?,29-,30+/m1/s1. The average Bonchev–Trinajstić information content (AvgIpc) is 3.04. The van der Waals surface area contributed by atoms with E-state index in [1.165, 1.54) is 18.4 Å². The van der Waals surface area contributed by atoms with E-state index in [0.717, 1.165) is 25.7 Å². The van der Waals surface area contributed by atoms with E-state index in [9.17, 15) is 9.90 Å². The number of allylic oxidation sites excluding steroid dienone is 5. The van der Waals surface area contributed by atoms with Crippen LogP contribution >= 0.6 is 0 Å². The summed E-state index contributed by atoms with van der Waals surface area (Å²) in [6.45, 7) is 18.3. The second-order valence-electron chi connectivity index (χ2n) is 13.1. The number of hydrogen-bond acceptors (Lipinski definition) is 2. The highest BCUT2D eigenvalue weighted by molar-refractivity contribution is 5.86. The van der Waals surface area contributed by atoms with Crippen molar-refractivity contribution < 1.29 is 9.90 Å². The summed E-state index contributed by atoms with van der Waals surface area (Å²) in [5.41, 5.74) is 4.51. The number of ketones is 1. The van der Waals surface area contributed by atoms with Crippen LogP contribution < -0.4 is 0 Å². The van der Waals surface area contributed by atoms with Gasteiger partial charge in [-0.05, 0) is 97.5 Å². The first-order valence-corrected chi connectivity index (χ1v) is 13.1. The predicted molar refractivity (Wildman–Crippen MR) is 133 cm³/mol. The average molecular weight is 439 g/mol. The Morgan fingerprint density at radius 3 is 2.50 bits per heavy atom. The molecule has 0 aromatic rings. The van der Waals surface area contributed by atoms with Crippen molar-refractivity contribution in [3.8, 4) is 0 Å². The number of fused-ring (bicyclic) bond motifs is 5. The first kappa shape index (κ1) is 24.0. The fourth-order valence-electron chi connectivity index (χ4n) is 8.79. The van der Waals surface area contributed by atoms with E-state index in [0.29, 0.717) is 35.4 Å². The third-order valence-corrected chi connectivity index (χ3v) is 10.4. The Labute approximate surface area is 196 Å². The van der Waals surface area contributed by atoms with Gasteiger partial charge in [0.2, 0.25) is 0 Å². The van der Waals surface area contributed by atoms with Crippen molar-refractivity contribution in [2.24, 2.45) is 45.8 Å². The zero-order valence-electron chi connectivity index (χ0n) is 21.8. The topological polar surface area (TPSA) is 37.3 Å². The predicted octanol–water partition coefficient (Wildman–Crippen LogP) is 7.29. The Morgan fingerprint density at radius 2 is 1.84 bits per heavy atom. The van der Waals surface area contributed by atoms with Crippen LogP contribution in [0.1, 0.15) is 93.9 Å². The zero-order valence-corrected chi connectivity index (χ0v) is 21.8. The van der Waals surface area contributed by atoms with Gasteiger partial charge in [0.15, 0.2) is 0 Å². The van der Waals surface area contributed by atoms with Gasteiger partial charge in [-0.3, -0.25) is 4.79 Å². The molecule has 0 heterocycles. The lowest BCUT2D eigenvalue weighted by atomic mass is 9.45. The number of hydrogen-bond donors (Lipinski definition) is 1. The Kier molecular flexibility index (Phi) is 5.97. The molecule has 4 aliphatic carbocycles. The fourth-order valence-corrected chi connectivity index (χ4v) is 8.79. The lowest BCUT2D eigenvalue weighted by molar-refractivity contribution is -0.138. The third-order valence-electron chi connectivity index (χ3n) is 10.4. The first-order chi connectivity index (χ1) is 14.8. The highest BCUT2D eigenvalue weighted by atomic mass is 16.3. The van der Waals surface area contributed by atoms with Crippen molar-refractivity contribution in [1.82, 2.24) is 0 Å². The molecule has 4 rings (SSSR count). The van der Waals surface area contributed by atoms with E-state index in [1.807, 2.05) is 6.08 Å². The molecule has 0 aromatic heterocycles. The van der Waals surface area contributed by atoms with Crippen LogP contribution in [-0.4, -0.2) is 17.0 Å². The number of aliphatic hydroxyl groups is 1. The molecule has 1 N–H and O–H groups in total. The molecule has 0 spiro atoms. The van der Waals surface area contributed by atoms with Crippen LogP contribution in [0.15, 0.2) is 34.9 Å². The number of carbonyl (C=O) groups is 1. The van der Waals surface area contributed by atoms with Crippen molar-refractivity contribution in [2.45, 2.75) is 100 Å². The Bertz CT molecular complexity index is 869. The molecule has 2 heteroatoms. The molecule has 178 valence electrons. The molecule has 4 unspecified atom stereocenters. The van der Waals surface area contributed by atoms with E-state index in [1.54, 1.807) is 11.1 Å². The maximum Gasteiger partial charge on any atom is 0.138 e. The van der Waals surface area contributed by atoms with E-state index in [2.05, 4.69) is 67.5 Å². The van der Waals surface area contributed by atoms with Crippen LogP contribution in [0.3, 0.4) is 0 Å². The largest absolute Gasteiger partial charge is 0.389 e. The summed E-state index contributed by atoms with van der Waals surface area (Å²) in [4.78, 5) is 12.8. The van der Waals surface area contributed by atoms with Crippen LogP contribution in [0.2, 0.25) is 0 Å². The van der Waals surface area contributed by atoms with Gasteiger partial charge < -0.3 is 5.11 Å². The highest BCUT2D eigenvalue weighted by Crippen LogP contribution is 2.68. The summed E-state index contributed by atoms with van der Waals surface area (Å²) in [6, 6.07) is 0. The lowest BCUT2D eigenvalue weighted by Gasteiger charge is -2.58. The monoisotopic (exact) mass is 438 g/mol. The van der Waals surface area contributed by atoms with Crippen molar-refractivity contribution >= 4 is 5.78 Å². The smallest absolute Gasteiger partial charge is 0.138 e. The van der Waals surface area contributed by atoms with Crippen LogP contribution in [0.25, 0.3) is 0 Å². The molecule has 32 heavy (non-hydrogen) atoms. The number of carbonyl (C=O) groups excluding carboxylic acids is 1. The van der Waals surface area contributed by atoms with Crippen LogP contribution in [0.5, 0.6) is 0 Å². The van der Waals surface area contributed by atoms with E-state index in [4.69, 9.17) is 0 Å². The maximum atomic E-state index is 12.8. The Hall–Kier alpha value is -1.15. The SMILES string of the molecule is CC(C)=CC(O)CC(C)[C@H]1CC[C@@]2(C)C3=CCC4C(C)(C)C(=O)CC[C@]4(C)C3=C[C@@H](C)C12. The molecule has 0 amide bonds. The zero-order chi connectivity index (χ0) is 23.6. The van der Waals surface area contributed by atoms with Gasteiger partial charge >= 0.3 is 0 Å². The van der Waals surface area contributed by atoms with Gasteiger partial charge in [-0.2, -0.15) is 0 Å². The van der Waals surface area contributed by atoms with Gasteiger partial charge in [-0.25, -0.2) is 0 Å². The number of aliphatic hydroxyl groups excluding tert-OH is 1. The molecule has 0 aromatic carbocycles. The van der Waals surface area contributed by atoms with E-state index < -0.39 is 0 Å². The minimum absolute atomic E-state index is 0.118. The summed E-state index contributed by atoms with van der Waals surface area (Å²) < 4.78 is 0. The molecular weight excluding hydrogens is 392 g/mol. The number of rotatable bonds is 4. The molecule has 2 fully saturated rings. The third kappa shape index (κ3) is 3.51. The first-order valence-electron chi connectivity index (χ1n) is 13.1. The molecule has 2 saturated carbocycles. The van der Waals surface area contributed by atoms with Gasteiger partial charge in [0.05, 0.1) is 6.10 Å². The Balaban J connectivity index is 1.67. The normalized spacial score (nSPS) is 42.1. The summed E-state index contributed by atoms with van der Waals surface area (Å²) in [6.07, 6.45) is 13.0. The van der Waals surface area contributed by atoms with Crippen LogP contribution in [-0.2, 0) is 4.79 Å². The molecule has 0 radical (unpaired) electrons. The van der Waals surface area contributed by atoms with Gasteiger partial charge in [0.25, 0.3) is 0 Å². The van der Waals surface area contributed by atoms with Crippen LogP contribution in [0, 0.1) is 45.8 Å². The maximum absolute atomic E-state index is 12.8. The molecule has 0 saturated heterocycles. The van der Waals surface area contributed by atoms with Crippen molar-refractivity contribution in [3.63, 3.8) is 0 Å². The summed E-state index contributed by atoms with van der Waals surface area (Å²) in [5, 5.41) is 10.6. The molecule has 2 nitrogen and oxygen atoms in total. The van der Waals surface area contributed by atoms with Gasteiger partial charge in [0, 0.05) is 11.8 Å². The molecule has 8 atom stereocenters. The van der Waals surface area contributed by atoms with Gasteiger partial charge in [0.1, 0.15) is 5.78 Å². The quantitative estimate of drug-likeness (QED) is 0.468. The molecular formula is C30H46O2. The minimum Gasteiger partial charge on any atom is -0.389 e. The second kappa shape index (κ2) is 7.97. The van der Waals surface area contributed by atoms with Crippen molar-refractivity contribution in [2.75, 3.05) is 0 Å². The lowest BCUT2D eigenvalue weighted by Crippen LogP contribution is -2.52.